The van der Waals surface area contributed by atoms with E-state index in [1.165, 1.54) is 11.8 Å². The Hall–Kier alpha value is -3.82. The molecule has 9 heteroatoms. The van der Waals surface area contributed by atoms with E-state index >= 15 is 0 Å². The van der Waals surface area contributed by atoms with Gasteiger partial charge in [0, 0.05) is 18.1 Å². The number of carbonyl (C=O) groups excluding carboxylic acids is 1. The van der Waals surface area contributed by atoms with E-state index in [4.69, 9.17) is 4.74 Å². The average Bonchev–Trinajstić information content (AvgIpc) is 3.61. The number of hydrogen-bond acceptors (Lipinski definition) is 6. The molecule has 0 bridgehead atoms. The van der Waals surface area contributed by atoms with Crippen molar-refractivity contribution < 1.29 is 9.53 Å². The molecule has 5 aromatic rings. The Kier molecular flexibility index (Phi) is 6.23. The van der Waals surface area contributed by atoms with E-state index in [-0.39, 0.29) is 11.7 Å². The second-order valence-electron chi connectivity index (χ2n) is 6.93. The van der Waals surface area contributed by atoms with Gasteiger partial charge in [-0.1, -0.05) is 36.0 Å². The molecule has 0 saturated carbocycles. The zero-order valence-electron chi connectivity index (χ0n) is 17.4. The van der Waals surface area contributed by atoms with Crippen molar-refractivity contribution >= 4 is 34.7 Å². The van der Waals surface area contributed by atoms with Crippen LogP contribution in [-0.4, -0.2) is 31.2 Å². The molecule has 1 N–H and O–H groups in total. The van der Waals surface area contributed by atoms with Crippen molar-refractivity contribution in [1.82, 2.24) is 19.5 Å². The molecule has 3 heterocycles. The van der Waals surface area contributed by atoms with Crippen LogP contribution in [0.1, 0.15) is 0 Å². The number of aromatic nitrogens is 4. The first-order valence-corrected chi connectivity index (χ1v) is 12.0. The van der Waals surface area contributed by atoms with E-state index < -0.39 is 0 Å². The first kappa shape index (κ1) is 21.0. The van der Waals surface area contributed by atoms with Crippen molar-refractivity contribution in [3.63, 3.8) is 0 Å². The number of thiophene rings is 1. The third-order valence-corrected chi connectivity index (χ3v) is 6.41. The van der Waals surface area contributed by atoms with Gasteiger partial charge in [0.05, 0.1) is 10.6 Å². The molecule has 0 aliphatic carbocycles. The Labute approximate surface area is 198 Å². The number of rotatable bonds is 8. The highest BCUT2D eigenvalue weighted by atomic mass is 32.2. The second-order valence-corrected chi connectivity index (χ2v) is 8.82. The van der Waals surface area contributed by atoms with Gasteiger partial charge >= 0.3 is 0 Å². The van der Waals surface area contributed by atoms with Crippen molar-refractivity contribution in [1.29, 1.82) is 0 Å². The average molecular weight is 474 g/mol. The fourth-order valence-corrected chi connectivity index (χ4v) is 4.57. The summed E-state index contributed by atoms with van der Waals surface area (Å²) in [6.07, 6.45) is 3.84. The highest BCUT2D eigenvalue weighted by molar-refractivity contribution is 7.99. The molecule has 0 atom stereocenters. The van der Waals surface area contributed by atoms with Crippen LogP contribution in [0, 0.1) is 0 Å². The quantitative estimate of drug-likeness (QED) is 0.295. The van der Waals surface area contributed by atoms with Gasteiger partial charge in [-0.3, -0.25) is 9.47 Å². The predicted molar refractivity (Wildman–Crippen MR) is 131 cm³/mol. The number of para-hydroxylation sites is 1. The lowest BCUT2D eigenvalue weighted by Crippen LogP contribution is -2.15. The van der Waals surface area contributed by atoms with Crippen LogP contribution >= 0.6 is 23.1 Å². The lowest BCUT2D eigenvalue weighted by Gasteiger charge is -2.11. The molecule has 0 saturated heterocycles. The van der Waals surface area contributed by atoms with E-state index in [0.717, 1.165) is 16.5 Å². The van der Waals surface area contributed by atoms with Gasteiger partial charge < -0.3 is 10.1 Å². The number of benzene rings is 2. The molecule has 2 aromatic carbocycles. The number of amides is 1. The molecule has 0 fully saturated rings. The van der Waals surface area contributed by atoms with E-state index in [1.54, 1.807) is 11.3 Å². The van der Waals surface area contributed by atoms with Gasteiger partial charge in [-0.05, 0) is 60.0 Å². The molecule has 33 heavy (non-hydrogen) atoms. The highest BCUT2D eigenvalue weighted by Crippen LogP contribution is 2.28. The molecule has 7 nitrogen and oxygen atoms in total. The fraction of sp³-hybridized carbons (Fsp3) is 0.0417. The normalized spacial score (nSPS) is 10.8. The van der Waals surface area contributed by atoms with Gasteiger partial charge in [0.1, 0.15) is 11.5 Å². The first-order chi connectivity index (χ1) is 16.3. The van der Waals surface area contributed by atoms with Gasteiger partial charge in [0.2, 0.25) is 11.1 Å². The van der Waals surface area contributed by atoms with Crippen LogP contribution in [0.25, 0.3) is 10.7 Å². The molecule has 164 valence electrons. The fourth-order valence-electron chi connectivity index (χ4n) is 3.14. The Bertz CT molecular complexity index is 1320. The molecule has 1 amide bonds. The van der Waals surface area contributed by atoms with E-state index in [1.807, 2.05) is 106 Å². The van der Waals surface area contributed by atoms with Crippen LogP contribution < -0.4 is 10.1 Å². The van der Waals surface area contributed by atoms with Crippen LogP contribution in [0.15, 0.2) is 102 Å². The van der Waals surface area contributed by atoms with Crippen LogP contribution in [0.4, 0.5) is 5.69 Å². The third-order valence-electron chi connectivity index (χ3n) is 4.62. The zero-order chi connectivity index (χ0) is 22.5. The van der Waals surface area contributed by atoms with Crippen LogP contribution in [0.5, 0.6) is 11.5 Å². The molecular formula is C24H19N5O2S2. The lowest BCUT2D eigenvalue weighted by atomic mass is 10.3. The summed E-state index contributed by atoms with van der Waals surface area (Å²) < 4.78 is 9.59. The monoisotopic (exact) mass is 473 g/mol. The summed E-state index contributed by atoms with van der Waals surface area (Å²) in [5.41, 5.74) is 0.701. The van der Waals surface area contributed by atoms with Crippen molar-refractivity contribution in [3.8, 4) is 22.2 Å². The Balaban J connectivity index is 1.24. The minimum atomic E-state index is -0.128. The number of nitrogens with one attached hydrogen (secondary N) is 1. The maximum atomic E-state index is 12.6. The van der Waals surface area contributed by atoms with Gasteiger partial charge in [-0.25, -0.2) is 4.68 Å². The maximum absolute atomic E-state index is 12.6. The number of nitrogens with zero attached hydrogens (tertiary/aromatic N) is 4. The number of ether oxygens (including phenoxy) is 1. The molecule has 0 aliphatic rings. The smallest absolute Gasteiger partial charge is 0.234 e. The Morgan fingerprint density at radius 3 is 2.39 bits per heavy atom. The topological polar surface area (TPSA) is 74.0 Å². The third kappa shape index (κ3) is 5.00. The van der Waals surface area contributed by atoms with Gasteiger partial charge in [-0.15, -0.1) is 21.5 Å². The van der Waals surface area contributed by atoms with E-state index in [2.05, 4.69) is 15.5 Å². The maximum Gasteiger partial charge on any atom is 0.234 e. The SMILES string of the molecule is O=C(CSc1nnc(-c2cccs2)n1-n1cccc1)Nc1ccc(Oc2ccccc2)cc1. The number of thioether (sulfide) groups is 1. The van der Waals surface area contributed by atoms with Crippen LogP contribution in [-0.2, 0) is 4.79 Å². The molecule has 0 spiro atoms. The summed E-state index contributed by atoms with van der Waals surface area (Å²) in [6, 6.07) is 24.7. The van der Waals surface area contributed by atoms with E-state index in [9.17, 15) is 4.79 Å². The summed E-state index contributed by atoms with van der Waals surface area (Å²) in [5, 5.41) is 14.2. The highest BCUT2D eigenvalue weighted by Gasteiger charge is 2.17. The van der Waals surface area contributed by atoms with E-state index in [0.29, 0.717) is 16.6 Å². The molecular weight excluding hydrogens is 454 g/mol. The predicted octanol–water partition coefficient (Wildman–Crippen LogP) is 5.64. The molecule has 0 radical (unpaired) electrons. The van der Waals surface area contributed by atoms with Crippen molar-refractivity contribution in [2.24, 2.45) is 0 Å². The lowest BCUT2D eigenvalue weighted by molar-refractivity contribution is -0.113. The van der Waals surface area contributed by atoms with Gasteiger partial charge in [0.25, 0.3) is 0 Å². The minimum Gasteiger partial charge on any atom is -0.457 e. The van der Waals surface area contributed by atoms with Gasteiger partial charge in [-0.2, -0.15) is 0 Å². The largest absolute Gasteiger partial charge is 0.457 e. The Morgan fingerprint density at radius 1 is 0.909 bits per heavy atom. The van der Waals surface area contributed by atoms with Crippen molar-refractivity contribution in [3.05, 3.63) is 96.6 Å². The molecule has 0 unspecified atom stereocenters. The van der Waals surface area contributed by atoms with Crippen LogP contribution in [0.3, 0.4) is 0 Å². The number of hydrogen-bond donors (Lipinski definition) is 1. The molecule has 5 rings (SSSR count). The summed E-state index contributed by atoms with van der Waals surface area (Å²) in [4.78, 5) is 13.6. The van der Waals surface area contributed by atoms with Crippen molar-refractivity contribution in [2.75, 3.05) is 11.1 Å². The summed E-state index contributed by atoms with van der Waals surface area (Å²) >= 11 is 2.93. The van der Waals surface area contributed by atoms with Crippen LogP contribution in [0.2, 0.25) is 0 Å². The Morgan fingerprint density at radius 2 is 1.67 bits per heavy atom. The summed E-state index contributed by atoms with van der Waals surface area (Å²) in [7, 11) is 0. The zero-order valence-corrected chi connectivity index (χ0v) is 19.0. The summed E-state index contributed by atoms with van der Waals surface area (Å²) in [5.74, 6) is 2.27. The summed E-state index contributed by atoms with van der Waals surface area (Å²) in [6.45, 7) is 0. The second kappa shape index (κ2) is 9.76. The molecule has 3 aromatic heterocycles. The minimum absolute atomic E-state index is 0.128. The standard InChI is InChI=1S/C24H19N5O2S2/c30-22(25-18-10-12-20(13-11-18)31-19-7-2-1-3-8-19)17-33-24-27-26-23(21-9-6-16-32-21)29(24)28-14-4-5-15-28/h1-16H,17H2,(H,25,30). The van der Waals surface area contributed by atoms with Gasteiger partial charge in [0.15, 0.2) is 5.82 Å². The number of anilines is 1. The van der Waals surface area contributed by atoms with Crippen molar-refractivity contribution in [2.45, 2.75) is 5.16 Å². The number of carbonyl (C=O) groups is 1. The first-order valence-electron chi connectivity index (χ1n) is 10.1. The molecule has 0 aliphatic heterocycles.